The highest BCUT2D eigenvalue weighted by molar-refractivity contribution is 4.84. The Balaban J connectivity index is 2.22. The third-order valence-electron chi connectivity index (χ3n) is 4.81. The Morgan fingerprint density at radius 1 is 1.00 bits per heavy atom. The highest BCUT2D eigenvalue weighted by Gasteiger charge is 2.28. The second-order valence-corrected chi connectivity index (χ2v) is 6.21. The molecule has 1 aliphatic rings. The van der Waals surface area contributed by atoms with E-state index in [2.05, 4.69) is 26.1 Å². The molecule has 1 N–H and O–H groups in total. The van der Waals surface area contributed by atoms with Gasteiger partial charge in [0, 0.05) is 6.04 Å². The highest BCUT2D eigenvalue weighted by atomic mass is 14.9. The lowest BCUT2D eigenvalue weighted by Gasteiger charge is -2.24. The molecule has 1 rings (SSSR count). The molecule has 108 valence electrons. The van der Waals surface area contributed by atoms with Gasteiger partial charge in [0.05, 0.1) is 0 Å². The second kappa shape index (κ2) is 9.83. The summed E-state index contributed by atoms with van der Waals surface area (Å²) in [6.45, 7) is 8.06. The lowest BCUT2D eigenvalue weighted by atomic mass is 9.91. The molecule has 3 atom stereocenters. The zero-order chi connectivity index (χ0) is 13.2. The van der Waals surface area contributed by atoms with E-state index in [1.165, 1.54) is 64.2 Å². The summed E-state index contributed by atoms with van der Waals surface area (Å²) < 4.78 is 0. The lowest BCUT2D eigenvalue weighted by molar-refractivity contribution is 0.325. The summed E-state index contributed by atoms with van der Waals surface area (Å²) in [7, 11) is 0. The van der Waals surface area contributed by atoms with E-state index in [0.29, 0.717) is 0 Å². The van der Waals surface area contributed by atoms with Crippen molar-refractivity contribution in [1.82, 2.24) is 5.32 Å². The third-order valence-corrected chi connectivity index (χ3v) is 4.81. The van der Waals surface area contributed by atoms with Crippen LogP contribution in [-0.4, -0.2) is 12.6 Å². The molecular formula is C17H35N. The monoisotopic (exact) mass is 253 g/mol. The van der Waals surface area contributed by atoms with Crippen LogP contribution >= 0.6 is 0 Å². The fraction of sp³-hybridized carbons (Fsp3) is 1.00. The molecular weight excluding hydrogens is 218 g/mol. The van der Waals surface area contributed by atoms with Crippen molar-refractivity contribution in [3.8, 4) is 0 Å². The minimum atomic E-state index is 0.813. The van der Waals surface area contributed by atoms with Crippen LogP contribution in [0.5, 0.6) is 0 Å². The fourth-order valence-electron chi connectivity index (χ4n) is 3.58. The van der Waals surface area contributed by atoms with Crippen LogP contribution in [0.2, 0.25) is 0 Å². The molecule has 0 bridgehead atoms. The molecule has 1 fully saturated rings. The molecule has 0 aromatic carbocycles. The van der Waals surface area contributed by atoms with Crippen molar-refractivity contribution >= 4 is 0 Å². The first kappa shape index (κ1) is 16.0. The maximum atomic E-state index is 3.76. The van der Waals surface area contributed by atoms with Gasteiger partial charge in [0.15, 0.2) is 0 Å². The Hall–Kier alpha value is -0.0400. The van der Waals surface area contributed by atoms with E-state index in [1.54, 1.807) is 0 Å². The Labute approximate surface area is 115 Å². The van der Waals surface area contributed by atoms with Crippen molar-refractivity contribution in [3.63, 3.8) is 0 Å². The van der Waals surface area contributed by atoms with E-state index in [0.717, 1.165) is 24.4 Å². The van der Waals surface area contributed by atoms with Gasteiger partial charge in [-0.15, -0.1) is 0 Å². The van der Waals surface area contributed by atoms with Crippen LogP contribution in [0.4, 0.5) is 0 Å². The number of rotatable bonds is 10. The van der Waals surface area contributed by atoms with Crippen molar-refractivity contribution in [2.24, 2.45) is 11.8 Å². The first-order valence-corrected chi connectivity index (χ1v) is 8.55. The summed E-state index contributed by atoms with van der Waals surface area (Å²) >= 11 is 0. The Kier molecular flexibility index (Phi) is 8.75. The predicted octanol–water partition coefficient (Wildman–Crippen LogP) is 5.15. The van der Waals surface area contributed by atoms with Crippen molar-refractivity contribution in [2.75, 3.05) is 6.54 Å². The molecule has 1 saturated carbocycles. The number of hydrogen-bond donors (Lipinski definition) is 1. The predicted molar refractivity (Wildman–Crippen MR) is 82.0 cm³/mol. The molecule has 1 aliphatic carbocycles. The maximum absolute atomic E-state index is 3.76. The first-order valence-electron chi connectivity index (χ1n) is 8.55. The van der Waals surface area contributed by atoms with Gasteiger partial charge in [0.1, 0.15) is 0 Å². The molecule has 0 heterocycles. The minimum absolute atomic E-state index is 0.813. The number of nitrogens with one attached hydrogen (secondary N) is 1. The molecule has 0 aliphatic heterocycles. The zero-order valence-electron chi connectivity index (χ0n) is 13.0. The normalized spacial score (nSPS) is 25.5. The Morgan fingerprint density at radius 2 is 1.78 bits per heavy atom. The van der Waals surface area contributed by atoms with Gasteiger partial charge in [-0.1, -0.05) is 65.7 Å². The summed E-state index contributed by atoms with van der Waals surface area (Å²) in [6, 6.07) is 0.813. The molecule has 18 heavy (non-hydrogen) atoms. The van der Waals surface area contributed by atoms with E-state index < -0.39 is 0 Å². The molecule has 0 amide bonds. The molecule has 0 saturated heterocycles. The molecule has 1 nitrogen and oxygen atoms in total. The second-order valence-electron chi connectivity index (χ2n) is 6.21. The van der Waals surface area contributed by atoms with Crippen LogP contribution in [-0.2, 0) is 0 Å². The van der Waals surface area contributed by atoms with Gasteiger partial charge < -0.3 is 5.32 Å². The first-order chi connectivity index (χ1) is 8.81. The van der Waals surface area contributed by atoms with E-state index in [4.69, 9.17) is 0 Å². The molecule has 0 aromatic heterocycles. The number of unbranched alkanes of at least 4 members (excludes halogenated alkanes) is 4. The summed E-state index contributed by atoms with van der Waals surface area (Å²) in [6.07, 6.45) is 14.4. The van der Waals surface area contributed by atoms with Crippen LogP contribution in [0.1, 0.15) is 85.0 Å². The van der Waals surface area contributed by atoms with Crippen LogP contribution in [0.25, 0.3) is 0 Å². The largest absolute Gasteiger partial charge is 0.314 e. The topological polar surface area (TPSA) is 12.0 Å². The van der Waals surface area contributed by atoms with Gasteiger partial charge in [0.2, 0.25) is 0 Å². The van der Waals surface area contributed by atoms with Crippen LogP contribution in [0, 0.1) is 11.8 Å². The quantitative estimate of drug-likeness (QED) is 0.531. The summed E-state index contributed by atoms with van der Waals surface area (Å²) in [5, 5.41) is 3.76. The molecule has 1 heteroatoms. The summed E-state index contributed by atoms with van der Waals surface area (Å²) in [4.78, 5) is 0. The average molecular weight is 253 g/mol. The summed E-state index contributed by atoms with van der Waals surface area (Å²) in [5.41, 5.74) is 0. The standard InChI is InChI=1S/C17H35N/c1-4-7-8-9-10-11-17(18-6-3)16-13-12-15(5-2)14-16/h15-18H,4-14H2,1-3H3. The Morgan fingerprint density at radius 3 is 2.39 bits per heavy atom. The van der Waals surface area contributed by atoms with Crippen molar-refractivity contribution in [1.29, 1.82) is 0 Å². The van der Waals surface area contributed by atoms with E-state index in [1.807, 2.05) is 0 Å². The minimum Gasteiger partial charge on any atom is -0.314 e. The molecule has 0 radical (unpaired) electrons. The number of hydrogen-bond acceptors (Lipinski definition) is 1. The molecule has 0 spiro atoms. The lowest BCUT2D eigenvalue weighted by Crippen LogP contribution is -2.35. The van der Waals surface area contributed by atoms with Crippen LogP contribution < -0.4 is 5.32 Å². The smallest absolute Gasteiger partial charge is 0.00953 e. The van der Waals surface area contributed by atoms with E-state index in [9.17, 15) is 0 Å². The van der Waals surface area contributed by atoms with Gasteiger partial charge in [0.25, 0.3) is 0 Å². The van der Waals surface area contributed by atoms with Crippen LogP contribution in [0.15, 0.2) is 0 Å². The van der Waals surface area contributed by atoms with Gasteiger partial charge in [-0.3, -0.25) is 0 Å². The Bertz CT molecular complexity index is 190. The SMILES string of the molecule is CCCCCCCC(NCC)C1CCC(CC)C1. The van der Waals surface area contributed by atoms with Crippen molar-refractivity contribution < 1.29 is 0 Å². The van der Waals surface area contributed by atoms with Gasteiger partial charge in [-0.2, -0.15) is 0 Å². The highest BCUT2D eigenvalue weighted by Crippen LogP contribution is 2.36. The van der Waals surface area contributed by atoms with Gasteiger partial charge in [-0.05, 0) is 37.6 Å². The van der Waals surface area contributed by atoms with E-state index >= 15 is 0 Å². The van der Waals surface area contributed by atoms with Gasteiger partial charge in [-0.25, -0.2) is 0 Å². The molecule has 0 aromatic rings. The van der Waals surface area contributed by atoms with Crippen molar-refractivity contribution in [2.45, 2.75) is 91.0 Å². The zero-order valence-corrected chi connectivity index (χ0v) is 13.0. The summed E-state index contributed by atoms with van der Waals surface area (Å²) in [5.74, 6) is 2.00. The average Bonchev–Trinajstić information content (AvgIpc) is 2.86. The van der Waals surface area contributed by atoms with Crippen LogP contribution in [0.3, 0.4) is 0 Å². The van der Waals surface area contributed by atoms with E-state index in [-0.39, 0.29) is 0 Å². The maximum Gasteiger partial charge on any atom is 0.00953 e. The fourth-order valence-corrected chi connectivity index (χ4v) is 3.58. The van der Waals surface area contributed by atoms with Crippen molar-refractivity contribution in [3.05, 3.63) is 0 Å². The third kappa shape index (κ3) is 5.73. The molecule has 3 unspecified atom stereocenters. The van der Waals surface area contributed by atoms with Gasteiger partial charge >= 0.3 is 0 Å².